The van der Waals surface area contributed by atoms with Crippen LogP contribution < -0.4 is 10.6 Å². The van der Waals surface area contributed by atoms with Crippen molar-refractivity contribution in [3.63, 3.8) is 0 Å². The van der Waals surface area contributed by atoms with Crippen molar-refractivity contribution in [2.45, 2.75) is 90.8 Å². The van der Waals surface area contributed by atoms with E-state index in [9.17, 15) is 4.79 Å². The number of nitrogens with one attached hydrogen (secondary N) is 2. The van der Waals surface area contributed by atoms with Gasteiger partial charge in [-0.3, -0.25) is 0 Å². The summed E-state index contributed by atoms with van der Waals surface area (Å²) in [5, 5.41) is 6.75. The van der Waals surface area contributed by atoms with Crippen LogP contribution in [0.5, 0.6) is 0 Å². The van der Waals surface area contributed by atoms with Gasteiger partial charge in [-0.05, 0) is 64.2 Å². The predicted octanol–water partition coefficient (Wildman–Crippen LogP) is 4.09. The number of ether oxygens (including phenoxy) is 1. The average Bonchev–Trinajstić information content (AvgIpc) is 3.26. The molecular weight excluding hydrogens is 288 g/mol. The Kier molecular flexibility index (Phi) is 6.35. The van der Waals surface area contributed by atoms with Crippen molar-refractivity contribution in [1.82, 2.24) is 10.6 Å². The maximum atomic E-state index is 11.9. The Morgan fingerprint density at radius 3 is 2.39 bits per heavy atom. The lowest BCUT2D eigenvalue weighted by molar-refractivity contribution is 0.0517. The summed E-state index contributed by atoms with van der Waals surface area (Å²) >= 11 is 0. The fraction of sp³-hybridized carbons (Fsp3) is 0.947. The molecule has 4 heteroatoms. The summed E-state index contributed by atoms with van der Waals surface area (Å²) in [6.45, 7) is 10.8. The van der Waals surface area contributed by atoms with E-state index in [0.29, 0.717) is 24.5 Å². The van der Waals surface area contributed by atoms with Gasteiger partial charge in [0.25, 0.3) is 0 Å². The normalized spacial score (nSPS) is 26.9. The molecule has 2 rings (SSSR count). The molecule has 0 radical (unpaired) electrons. The highest BCUT2D eigenvalue weighted by Crippen LogP contribution is 2.43. The highest BCUT2D eigenvalue weighted by Gasteiger charge is 2.35. The van der Waals surface area contributed by atoms with Gasteiger partial charge in [0.2, 0.25) is 0 Å². The van der Waals surface area contributed by atoms with Gasteiger partial charge in [-0.2, -0.15) is 0 Å². The summed E-state index contributed by atoms with van der Waals surface area (Å²) in [5.74, 6) is 2.44. The number of amides is 1. The zero-order valence-electron chi connectivity index (χ0n) is 15.7. The van der Waals surface area contributed by atoms with Gasteiger partial charge in [0, 0.05) is 18.6 Å². The maximum absolute atomic E-state index is 11.9. The largest absolute Gasteiger partial charge is 0.444 e. The third-order valence-corrected chi connectivity index (χ3v) is 5.12. The van der Waals surface area contributed by atoms with Gasteiger partial charge in [-0.25, -0.2) is 4.79 Å². The van der Waals surface area contributed by atoms with Crippen molar-refractivity contribution < 1.29 is 9.53 Å². The molecule has 2 aliphatic rings. The highest BCUT2D eigenvalue weighted by atomic mass is 16.6. The summed E-state index contributed by atoms with van der Waals surface area (Å²) in [4.78, 5) is 11.9. The van der Waals surface area contributed by atoms with Gasteiger partial charge in [-0.15, -0.1) is 0 Å². The topological polar surface area (TPSA) is 50.4 Å². The van der Waals surface area contributed by atoms with Gasteiger partial charge >= 0.3 is 6.09 Å². The van der Waals surface area contributed by atoms with E-state index in [1.807, 2.05) is 20.8 Å². The maximum Gasteiger partial charge on any atom is 0.407 e. The minimum Gasteiger partial charge on any atom is -0.444 e. The number of hydrogen-bond donors (Lipinski definition) is 2. The summed E-state index contributed by atoms with van der Waals surface area (Å²) in [5.41, 5.74) is -0.439. The molecule has 0 saturated heterocycles. The van der Waals surface area contributed by atoms with Crippen LogP contribution in [0.4, 0.5) is 4.79 Å². The molecule has 0 aromatic heterocycles. The summed E-state index contributed by atoms with van der Waals surface area (Å²) in [6, 6.07) is 0.924. The summed E-state index contributed by atoms with van der Waals surface area (Å²) in [7, 11) is 0. The van der Waals surface area contributed by atoms with Crippen molar-refractivity contribution >= 4 is 6.09 Å². The van der Waals surface area contributed by atoms with Crippen LogP contribution in [-0.2, 0) is 4.74 Å². The van der Waals surface area contributed by atoms with Crippen LogP contribution in [-0.4, -0.2) is 30.3 Å². The zero-order chi connectivity index (χ0) is 17.0. The second-order valence-electron chi connectivity index (χ2n) is 8.86. The van der Waals surface area contributed by atoms with E-state index >= 15 is 0 Å². The molecule has 3 unspecified atom stereocenters. The molecule has 134 valence electrons. The van der Waals surface area contributed by atoms with Gasteiger partial charge < -0.3 is 15.4 Å². The van der Waals surface area contributed by atoms with E-state index in [0.717, 1.165) is 11.8 Å². The monoisotopic (exact) mass is 324 g/mol. The van der Waals surface area contributed by atoms with Crippen molar-refractivity contribution in [3.8, 4) is 0 Å². The second kappa shape index (κ2) is 7.87. The summed E-state index contributed by atoms with van der Waals surface area (Å²) < 4.78 is 5.34. The van der Waals surface area contributed by atoms with Crippen LogP contribution in [0, 0.1) is 17.8 Å². The van der Waals surface area contributed by atoms with Gasteiger partial charge in [0.05, 0.1) is 0 Å². The van der Waals surface area contributed by atoms with Crippen LogP contribution in [0.2, 0.25) is 0 Å². The van der Waals surface area contributed by atoms with Crippen molar-refractivity contribution in [2.75, 3.05) is 6.54 Å². The van der Waals surface area contributed by atoms with Crippen LogP contribution >= 0.6 is 0 Å². The first-order valence-corrected chi connectivity index (χ1v) is 9.47. The molecule has 23 heavy (non-hydrogen) atoms. The van der Waals surface area contributed by atoms with Crippen LogP contribution in [0.25, 0.3) is 0 Å². The quantitative estimate of drug-likeness (QED) is 0.773. The standard InChI is InChI=1S/C19H36N2O2/c1-13(2)17(12-20-18(22)23-19(3,4)5)21-16-8-6-7-15(11-16)14-9-10-14/h13-17,21H,6-12H2,1-5H3,(H,20,22). The third kappa shape index (κ3) is 6.70. The second-order valence-corrected chi connectivity index (χ2v) is 8.86. The Labute approximate surface area is 142 Å². The SMILES string of the molecule is CC(C)C(CNC(=O)OC(C)(C)C)NC1CCCC(C2CC2)C1. The van der Waals surface area contributed by atoms with Gasteiger partial charge in [-0.1, -0.05) is 26.7 Å². The lowest BCUT2D eigenvalue weighted by atomic mass is 9.82. The molecule has 0 aliphatic heterocycles. The fourth-order valence-corrected chi connectivity index (χ4v) is 3.67. The number of carbonyl (C=O) groups excluding carboxylic acids is 1. The first-order chi connectivity index (χ1) is 10.7. The molecule has 2 fully saturated rings. The van der Waals surface area contributed by atoms with E-state index in [-0.39, 0.29) is 6.09 Å². The first kappa shape index (κ1) is 18.6. The number of hydrogen-bond acceptors (Lipinski definition) is 3. The summed E-state index contributed by atoms with van der Waals surface area (Å²) in [6.07, 6.45) is 7.95. The number of rotatable bonds is 6. The van der Waals surface area contributed by atoms with E-state index in [1.165, 1.54) is 38.5 Å². The zero-order valence-corrected chi connectivity index (χ0v) is 15.7. The fourth-order valence-electron chi connectivity index (χ4n) is 3.67. The first-order valence-electron chi connectivity index (χ1n) is 9.47. The number of carbonyl (C=O) groups is 1. The molecule has 0 heterocycles. The minimum absolute atomic E-state index is 0.311. The minimum atomic E-state index is -0.439. The molecule has 0 aromatic rings. The molecule has 2 N–H and O–H groups in total. The van der Waals surface area contributed by atoms with Crippen LogP contribution in [0.1, 0.15) is 73.1 Å². The van der Waals surface area contributed by atoms with E-state index in [2.05, 4.69) is 24.5 Å². The molecule has 3 atom stereocenters. The van der Waals surface area contributed by atoms with E-state index in [1.54, 1.807) is 0 Å². The molecule has 1 amide bonds. The van der Waals surface area contributed by atoms with Crippen molar-refractivity contribution in [2.24, 2.45) is 17.8 Å². The van der Waals surface area contributed by atoms with E-state index < -0.39 is 5.60 Å². The van der Waals surface area contributed by atoms with Crippen LogP contribution in [0.3, 0.4) is 0 Å². The highest BCUT2D eigenvalue weighted by molar-refractivity contribution is 5.67. The smallest absolute Gasteiger partial charge is 0.407 e. The Morgan fingerprint density at radius 2 is 1.83 bits per heavy atom. The molecule has 0 bridgehead atoms. The van der Waals surface area contributed by atoms with Crippen molar-refractivity contribution in [1.29, 1.82) is 0 Å². The number of alkyl carbamates (subject to hydrolysis) is 1. The van der Waals surface area contributed by atoms with Crippen molar-refractivity contribution in [3.05, 3.63) is 0 Å². The third-order valence-electron chi connectivity index (χ3n) is 5.12. The molecule has 2 saturated carbocycles. The van der Waals surface area contributed by atoms with Gasteiger partial charge in [0.1, 0.15) is 5.60 Å². The lowest BCUT2D eigenvalue weighted by Gasteiger charge is -2.34. The van der Waals surface area contributed by atoms with Gasteiger partial charge in [0.15, 0.2) is 0 Å². The average molecular weight is 325 g/mol. The molecule has 2 aliphatic carbocycles. The molecule has 0 spiro atoms. The van der Waals surface area contributed by atoms with E-state index in [4.69, 9.17) is 4.74 Å². The molecule has 0 aromatic carbocycles. The Bertz CT molecular complexity index is 385. The predicted molar refractivity (Wildman–Crippen MR) is 94.5 cm³/mol. The Hall–Kier alpha value is -0.770. The Morgan fingerprint density at radius 1 is 1.13 bits per heavy atom. The lowest BCUT2D eigenvalue weighted by Crippen LogP contribution is -2.50. The Balaban J connectivity index is 1.77. The molecular formula is C19H36N2O2. The molecule has 4 nitrogen and oxygen atoms in total. The van der Waals surface area contributed by atoms with Crippen LogP contribution in [0.15, 0.2) is 0 Å².